The van der Waals surface area contributed by atoms with E-state index < -0.39 is 0 Å². The van der Waals surface area contributed by atoms with Crippen molar-refractivity contribution in [2.45, 2.75) is 0 Å². The lowest BCUT2D eigenvalue weighted by molar-refractivity contribution is 0.0758. The molecule has 1 saturated heterocycles. The Morgan fingerprint density at radius 1 is 0.800 bits per heavy atom. The van der Waals surface area contributed by atoms with Crippen LogP contribution >= 0.6 is 0 Å². The van der Waals surface area contributed by atoms with Gasteiger partial charge in [0.15, 0.2) is 0 Å². The van der Waals surface area contributed by atoms with Gasteiger partial charge in [-0.05, 0) is 12.1 Å². The van der Waals surface area contributed by atoms with E-state index in [4.69, 9.17) is 0 Å². The molecule has 0 radical (unpaired) electrons. The third-order valence-corrected chi connectivity index (χ3v) is 3.38. The molecular weight excluding hydrogens is 252 g/mol. The first-order valence-corrected chi connectivity index (χ1v) is 7.34. The minimum absolute atomic E-state index is 0.115. The van der Waals surface area contributed by atoms with E-state index in [1.807, 2.05) is 35.2 Å². The fraction of sp³-hybridized carbons (Fsp3) is 0.533. The zero-order chi connectivity index (χ0) is 14.0. The maximum Gasteiger partial charge on any atom is 0.253 e. The largest absolute Gasteiger partial charge is 0.336 e. The second-order valence-electron chi connectivity index (χ2n) is 4.91. The average molecular weight is 276 g/mol. The molecule has 5 nitrogen and oxygen atoms in total. The summed E-state index contributed by atoms with van der Waals surface area (Å²) >= 11 is 0. The molecular formula is C15H24N4O. The third kappa shape index (κ3) is 4.92. The van der Waals surface area contributed by atoms with Crippen molar-refractivity contribution in [3.63, 3.8) is 0 Å². The summed E-state index contributed by atoms with van der Waals surface area (Å²) in [5.74, 6) is 0.115. The van der Waals surface area contributed by atoms with Crippen LogP contribution in [0.4, 0.5) is 0 Å². The van der Waals surface area contributed by atoms with Crippen molar-refractivity contribution >= 4 is 5.91 Å². The first-order chi connectivity index (χ1) is 9.88. The van der Waals surface area contributed by atoms with Gasteiger partial charge in [0.05, 0.1) is 0 Å². The van der Waals surface area contributed by atoms with Gasteiger partial charge in [0, 0.05) is 57.9 Å². The van der Waals surface area contributed by atoms with Gasteiger partial charge in [-0.1, -0.05) is 18.2 Å². The summed E-state index contributed by atoms with van der Waals surface area (Å²) in [6.07, 6.45) is 0. The molecule has 5 heteroatoms. The fourth-order valence-electron chi connectivity index (χ4n) is 2.23. The van der Waals surface area contributed by atoms with Gasteiger partial charge in [-0.2, -0.15) is 0 Å². The molecule has 1 amide bonds. The molecule has 0 spiro atoms. The number of benzene rings is 1. The molecule has 0 unspecified atom stereocenters. The Kier molecular flexibility index (Phi) is 6.50. The van der Waals surface area contributed by atoms with Crippen LogP contribution in [0.1, 0.15) is 10.4 Å². The Hall–Kier alpha value is -1.43. The van der Waals surface area contributed by atoms with E-state index in [2.05, 4.69) is 16.0 Å². The number of nitrogens with zero attached hydrogens (tertiary/aromatic N) is 1. The van der Waals surface area contributed by atoms with Crippen molar-refractivity contribution in [1.82, 2.24) is 20.9 Å². The summed E-state index contributed by atoms with van der Waals surface area (Å²) in [4.78, 5) is 14.4. The molecule has 1 fully saturated rings. The highest BCUT2D eigenvalue weighted by Crippen LogP contribution is 2.04. The molecule has 0 saturated carbocycles. The highest BCUT2D eigenvalue weighted by molar-refractivity contribution is 5.94. The number of nitrogens with one attached hydrogen (secondary N) is 3. The van der Waals surface area contributed by atoms with Crippen LogP contribution in [0, 0.1) is 0 Å². The molecule has 20 heavy (non-hydrogen) atoms. The van der Waals surface area contributed by atoms with Gasteiger partial charge in [0.25, 0.3) is 5.91 Å². The second-order valence-corrected chi connectivity index (χ2v) is 4.91. The molecule has 1 aliphatic rings. The fourth-order valence-corrected chi connectivity index (χ4v) is 2.23. The van der Waals surface area contributed by atoms with Gasteiger partial charge in [-0.3, -0.25) is 4.79 Å². The summed E-state index contributed by atoms with van der Waals surface area (Å²) in [6.45, 7) is 6.97. The normalized spacial score (nSPS) is 18.9. The maximum absolute atomic E-state index is 12.5. The second kappa shape index (κ2) is 8.68. The van der Waals surface area contributed by atoms with E-state index in [9.17, 15) is 4.79 Å². The van der Waals surface area contributed by atoms with Crippen LogP contribution in [-0.2, 0) is 0 Å². The predicted molar refractivity (Wildman–Crippen MR) is 81.0 cm³/mol. The van der Waals surface area contributed by atoms with Gasteiger partial charge in [0.2, 0.25) is 0 Å². The number of hydrogen-bond donors (Lipinski definition) is 3. The van der Waals surface area contributed by atoms with Crippen LogP contribution < -0.4 is 16.0 Å². The Morgan fingerprint density at radius 2 is 1.30 bits per heavy atom. The summed E-state index contributed by atoms with van der Waals surface area (Å²) in [7, 11) is 0. The predicted octanol–water partition coefficient (Wildman–Crippen LogP) is -0.0888. The highest BCUT2D eigenvalue weighted by Gasteiger charge is 2.14. The zero-order valence-electron chi connectivity index (χ0n) is 11.9. The SMILES string of the molecule is O=C(c1ccccc1)N1CCNCCNCCNCC1. The first-order valence-electron chi connectivity index (χ1n) is 7.34. The Labute approximate surface area is 120 Å². The van der Waals surface area contributed by atoms with Gasteiger partial charge in [0.1, 0.15) is 0 Å². The van der Waals surface area contributed by atoms with Crippen LogP contribution in [0.2, 0.25) is 0 Å². The molecule has 1 aromatic rings. The quantitative estimate of drug-likeness (QED) is 0.671. The minimum atomic E-state index is 0.115. The minimum Gasteiger partial charge on any atom is -0.336 e. The Balaban J connectivity index is 1.93. The van der Waals surface area contributed by atoms with E-state index >= 15 is 0 Å². The molecule has 3 N–H and O–H groups in total. The van der Waals surface area contributed by atoms with Crippen LogP contribution in [0.5, 0.6) is 0 Å². The van der Waals surface area contributed by atoms with Crippen LogP contribution in [0.3, 0.4) is 0 Å². The molecule has 0 aromatic heterocycles. The highest BCUT2D eigenvalue weighted by atomic mass is 16.2. The summed E-state index contributed by atoms with van der Waals surface area (Å²) < 4.78 is 0. The first kappa shape index (κ1) is 15.0. The van der Waals surface area contributed by atoms with Gasteiger partial charge in [-0.15, -0.1) is 0 Å². The van der Waals surface area contributed by atoms with E-state index in [1.165, 1.54) is 0 Å². The lowest BCUT2D eigenvalue weighted by Gasteiger charge is -2.24. The van der Waals surface area contributed by atoms with Crippen LogP contribution in [0.15, 0.2) is 30.3 Å². The maximum atomic E-state index is 12.5. The number of carbonyl (C=O) groups is 1. The molecule has 2 rings (SSSR count). The lowest BCUT2D eigenvalue weighted by Crippen LogP contribution is -2.44. The molecule has 0 bridgehead atoms. The zero-order valence-corrected chi connectivity index (χ0v) is 11.9. The molecule has 1 aliphatic heterocycles. The lowest BCUT2D eigenvalue weighted by atomic mass is 10.2. The topological polar surface area (TPSA) is 56.4 Å². The molecule has 0 aliphatic carbocycles. The summed E-state index contributed by atoms with van der Waals surface area (Å²) in [5.41, 5.74) is 0.765. The average Bonchev–Trinajstić information content (AvgIpc) is 2.48. The van der Waals surface area contributed by atoms with E-state index in [-0.39, 0.29) is 5.91 Å². The van der Waals surface area contributed by atoms with Crippen molar-refractivity contribution in [2.75, 3.05) is 52.4 Å². The van der Waals surface area contributed by atoms with Crippen molar-refractivity contribution in [2.24, 2.45) is 0 Å². The molecule has 1 aromatic carbocycles. The van der Waals surface area contributed by atoms with E-state index in [1.54, 1.807) is 0 Å². The van der Waals surface area contributed by atoms with Gasteiger partial charge >= 0.3 is 0 Å². The summed E-state index contributed by atoms with van der Waals surface area (Å²) in [6, 6.07) is 9.51. The summed E-state index contributed by atoms with van der Waals surface area (Å²) in [5, 5.41) is 10.1. The molecule has 1 heterocycles. The van der Waals surface area contributed by atoms with Gasteiger partial charge < -0.3 is 20.9 Å². The Morgan fingerprint density at radius 3 is 1.85 bits per heavy atom. The van der Waals surface area contributed by atoms with Crippen molar-refractivity contribution < 1.29 is 4.79 Å². The van der Waals surface area contributed by atoms with E-state index in [0.29, 0.717) is 0 Å². The number of rotatable bonds is 1. The third-order valence-electron chi connectivity index (χ3n) is 3.38. The van der Waals surface area contributed by atoms with Crippen LogP contribution in [0.25, 0.3) is 0 Å². The van der Waals surface area contributed by atoms with Crippen molar-refractivity contribution in [1.29, 1.82) is 0 Å². The standard InChI is InChI=1S/C15H24N4O/c20-15(14-4-2-1-3-5-14)19-12-10-17-8-6-16-7-9-18-11-13-19/h1-5,16-18H,6-13H2. The molecule has 110 valence electrons. The van der Waals surface area contributed by atoms with Crippen molar-refractivity contribution in [3.05, 3.63) is 35.9 Å². The monoisotopic (exact) mass is 276 g/mol. The Bertz CT molecular complexity index is 384. The van der Waals surface area contributed by atoms with E-state index in [0.717, 1.165) is 57.9 Å². The van der Waals surface area contributed by atoms with Gasteiger partial charge in [-0.25, -0.2) is 0 Å². The smallest absolute Gasteiger partial charge is 0.253 e. The molecule has 0 atom stereocenters. The number of amides is 1. The number of hydrogen-bond acceptors (Lipinski definition) is 4. The van der Waals surface area contributed by atoms with Crippen LogP contribution in [-0.4, -0.2) is 63.2 Å². The number of carbonyl (C=O) groups excluding carboxylic acids is 1. The van der Waals surface area contributed by atoms with Crippen molar-refractivity contribution in [3.8, 4) is 0 Å².